The van der Waals surface area contributed by atoms with Gasteiger partial charge in [-0.05, 0) is 31.2 Å². The lowest BCUT2D eigenvalue weighted by Gasteiger charge is -2.16. The second-order valence-electron chi connectivity index (χ2n) is 5.27. The second kappa shape index (κ2) is 8.39. The molecule has 23 heavy (non-hydrogen) atoms. The number of carbonyl (C=O) groups is 2. The third kappa shape index (κ3) is 5.79. The van der Waals surface area contributed by atoms with Gasteiger partial charge < -0.3 is 10.2 Å². The summed E-state index contributed by atoms with van der Waals surface area (Å²) in [6, 6.07) is 17.3. The van der Waals surface area contributed by atoms with Crippen LogP contribution in [0.3, 0.4) is 0 Å². The zero-order valence-electron chi connectivity index (χ0n) is 13.3. The number of rotatable bonds is 6. The van der Waals surface area contributed by atoms with Crippen LogP contribution in [0.1, 0.15) is 5.56 Å². The highest BCUT2D eigenvalue weighted by molar-refractivity contribution is 8.00. The van der Waals surface area contributed by atoms with E-state index in [1.807, 2.05) is 61.5 Å². The number of likely N-dealkylation sites (N-methyl/N-ethyl adjacent to an activating group) is 1. The Hall–Kier alpha value is -2.27. The van der Waals surface area contributed by atoms with Crippen LogP contribution in [0.15, 0.2) is 59.5 Å². The Morgan fingerprint density at radius 3 is 2.35 bits per heavy atom. The standard InChI is InChI=1S/C18H20N2O2S/c1-14-8-10-15(11-9-14)19-17(21)12-20(2)18(22)13-23-16-6-4-3-5-7-16/h3-11H,12-13H2,1-2H3,(H,19,21). The summed E-state index contributed by atoms with van der Waals surface area (Å²) in [5, 5.41) is 2.79. The van der Waals surface area contributed by atoms with Gasteiger partial charge in [-0.3, -0.25) is 9.59 Å². The molecule has 0 fully saturated rings. The molecule has 0 bridgehead atoms. The Labute approximate surface area is 140 Å². The van der Waals surface area contributed by atoms with E-state index in [2.05, 4.69) is 5.32 Å². The molecule has 0 aliphatic rings. The molecule has 2 rings (SSSR count). The van der Waals surface area contributed by atoms with Gasteiger partial charge in [0.15, 0.2) is 0 Å². The van der Waals surface area contributed by atoms with Gasteiger partial charge in [0.2, 0.25) is 11.8 Å². The smallest absolute Gasteiger partial charge is 0.243 e. The summed E-state index contributed by atoms with van der Waals surface area (Å²) in [5.41, 5.74) is 1.87. The molecule has 1 N–H and O–H groups in total. The third-order valence-electron chi connectivity index (χ3n) is 3.25. The van der Waals surface area contributed by atoms with Crippen molar-refractivity contribution in [1.82, 2.24) is 4.90 Å². The predicted molar refractivity (Wildman–Crippen MR) is 94.6 cm³/mol. The first-order chi connectivity index (χ1) is 11.0. The number of thioether (sulfide) groups is 1. The van der Waals surface area contributed by atoms with Gasteiger partial charge in [-0.2, -0.15) is 0 Å². The molecule has 0 unspecified atom stereocenters. The van der Waals surface area contributed by atoms with Crippen LogP contribution in [-0.2, 0) is 9.59 Å². The Morgan fingerprint density at radius 1 is 1.04 bits per heavy atom. The molecule has 0 spiro atoms. The van der Waals surface area contributed by atoms with Crippen LogP contribution in [0.5, 0.6) is 0 Å². The summed E-state index contributed by atoms with van der Waals surface area (Å²) in [6.07, 6.45) is 0. The number of nitrogens with zero attached hydrogens (tertiary/aromatic N) is 1. The van der Waals surface area contributed by atoms with Crippen LogP contribution >= 0.6 is 11.8 Å². The van der Waals surface area contributed by atoms with Crippen LogP contribution in [0.4, 0.5) is 5.69 Å². The SMILES string of the molecule is Cc1ccc(NC(=O)CN(C)C(=O)CSc2ccccc2)cc1. The number of anilines is 1. The van der Waals surface area contributed by atoms with Crippen molar-refractivity contribution in [1.29, 1.82) is 0 Å². The summed E-state index contributed by atoms with van der Waals surface area (Å²) in [6.45, 7) is 2.03. The lowest BCUT2D eigenvalue weighted by atomic mass is 10.2. The van der Waals surface area contributed by atoms with E-state index in [1.54, 1.807) is 7.05 Å². The fourth-order valence-corrected chi connectivity index (χ4v) is 2.77. The van der Waals surface area contributed by atoms with Crippen molar-refractivity contribution in [2.24, 2.45) is 0 Å². The normalized spacial score (nSPS) is 10.2. The van der Waals surface area contributed by atoms with Crippen molar-refractivity contribution in [2.75, 3.05) is 24.7 Å². The maximum Gasteiger partial charge on any atom is 0.243 e. The molecule has 5 heteroatoms. The van der Waals surface area contributed by atoms with Crippen LogP contribution in [0.2, 0.25) is 0 Å². The van der Waals surface area contributed by atoms with Gasteiger partial charge in [0.1, 0.15) is 0 Å². The maximum atomic E-state index is 12.1. The molecule has 2 aromatic rings. The maximum absolute atomic E-state index is 12.1. The highest BCUT2D eigenvalue weighted by Gasteiger charge is 2.13. The van der Waals surface area contributed by atoms with Crippen molar-refractivity contribution in [3.8, 4) is 0 Å². The van der Waals surface area contributed by atoms with Gasteiger partial charge in [-0.1, -0.05) is 35.9 Å². The van der Waals surface area contributed by atoms with E-state index in [0.29, 0.717) is 5.75 Å². The Kier molecular flexibility index (Phi) is 6.23. The van der Waals surface area contributed by atoms with Crippen LogP contribution in [0, 0.1) is 6.92 Å². The van der Waals surface area contributed by atoms with Crippen LogP contribution < -0.4 is 5.32 Å². The molecule has 120 valence electrons. The average molecular weight is 328 g/mol. The molecule has 4 nitrogen and oxygen atoms in total. The average Bonchev–Trinajstić information content (AvgIpc) is 2.55. The molecule has 0 atom stereocenters. The summed E-state index contributed by atoms with van der Waals surface area (Å²) in [7, 11) is 1.64. The number of benzene rings is 2. The number of nitrogens with one attached hydrogen (secondary N) is 1. The van der Waals surface area contributed by atoms with Crippen LogP contribution in [-0.4, -0.2) is 36.1 Å². The van der Waals surface area contributed by atoms with Crippen molar-refractivity contribution in [2.45, 2.75) is 11.8 Å². The molecule has 2 amide bonds. The van der Waals surface area contributed by atoms with Gasteiger partial charge in [0, 0.05) is 17.6 Å². The molecule has 2 aromatic carbocycles. The Balaban J connectivity index is 1.78. The fraction of sp³-hybridized carbons (Fsp3) is 0.222. The molecular weight excluding hydrogens is 308 g/mol. The Bertz CT molecular complexity index is 656. The molecular formula is C18H20N2O2S. The Morgan fingerprint density at radius 2 is 1.70 bits per heavy atom. The van der Waals surface area contributed by atoms with Crippen molar-refractivity contribution < 1.29 is 9.59 Å². The highest BCUT2D eigenvalue weighted by atomic mass is 32.2. The van der Waals surface area contributed by atoms with E-state index in [1.165, 1.54) is 16.7 Å². The first kappa shape index (κ1) is 17.1. The predicted octanol–water partition coefficient (Wildman–Crippen LogP) is 3.18. The second-order valence-corrected chi connectivity index (χ2v) is 6.31. The number of amides is 2. The fourth-order valence-electron chi connectivity index (χ4n) is 1.91. The van der Waals surface area contributed by atoms with E-state index in [0.717, 1.165) is 16.1 Å². The molecule has 0 radical (unpaired) electrons. The quantitative estimate of drug-likeness (QED) is 0.829. The number of aryl methyl sites for hydroxylation is 1. The first-order valence-corrected chi connectivity index (χ1v) is 8.31. The molecule has 0 heterocycles. The molecule has 0 saturated carbocycles. The van der Waals surface area contributed by atoms with E-state index >= 15 is 0 Å². The number of hydrogen-bond acceptors (Lipinski definition) is 3. The summed E-state index contributed by atoms with van der Waals surface area (Å²) in [4.78, 5) is 26.5. The number of hydrogen-bond donors (Lipinski definition) is 1. The lowest BCUT2D eigenvalue weighted by molar-refractivity contribution is -0.131. The van der Waals surface area contributed by atoms with Gasteiger partial charge in [0.05, 0.1) is 12.3 Å². The van der Waals surface area contributed by atoms with Gasteiger partial charge in [-0.25, -0.2) is 0 Å². The zero-order valence-corrected chi connectivity index (χ0v) is 14.1. The summed E-state index contributed by atoms with van der Waals surface area (Å²) >= 11 is 1.47. The molecule has 0 aliphatic carbocycles. The molecule has 0 aliphatic heterocycles. The van der Waals surface area contributed by atoms with E-state index in [9.17, 15) is 9.59 Å². The summed E-state index contributed by atoms with van der Waals surface area (Å²) in [5.74, 6) is 0.0468. The summed E-state index contributed by atoms with van der Waals surface area (Å²) < 4.78 is 0. The van der Waals surface area contributed by atoms with Gasteiger partial charge >= 0.3 is 0 Å². The molecule has 0 saturated heterocycles. The van der Waals surface area contributed by atoms with Crippen molar-refractivity contribution >= 4 is 29.3 Å². The van der Waals surface area contributed by atoms with E-state index in [-0.39, 0.29) is 18.4 Å². The first-order valence-electron chi connectivity index (χ1n) is 7.33. The minimum absolute atomic E-state index is 0.0437. The highest BCUT2D eigenvalue weighted by Crippen LogP contribution is 2.17. The zero-order chi connectivity index (χ0) is 16.7. The third-order valence-corrected chi connectivity index (χ3v) is 4.24. The molecule has 0 aromatic heterocycles. The van der Waals surface area contributed by atoms with Crippen molar-refractivity contribution in [3.05, 3.63) is 60.2 Å². The van der Waals surface area contributed by atoms with Crippen LogP contribution in [0.25, 0.3) is 0 Å². The minimum Gasteiger partial charge on any atom is -0.336 e. The lowest BCUT2D eigenvalue weighted by Crippen LogP contribution is -2.35. The monoisotopic (exact) mass is 328 g/mol. The van der Waals surface area contributed by atoms with Crippen molar-refractivity contribution in [3.63, 3.8) is 0 Å². The topological polar surface area (TPSA) is 49.4 Å². The van der Waals surface area contributed by atoms with Gasteiger partial charge in [0.25, 0.3) is 0 Å². The minimum atomic E-state index is -0.200. The van der Waals surface area contributed by atoms with E-state index in [4.69, 9.17) is 0 Å². The largest absolute Gasteiger partial charge is 0.336 e. The van der Waals surface area contributed by atoms with Gasteiger partial charge in [-0.15, -0.1) is 11.8 Å². The van der Waals surface area contributed by atoms with E-state index < -0.39 is 0 Å². The number of carbonyl (C=O) groups excluding carboxylic acids is 2.